The van der Waals surface area contributed by atoms with Gasteiger partial charge in [-0.15, -0.1) is 0 Å². The van der Waals surface area contributed by atoms with Crippen LogP contribution in [0.4, 0.5) is 23.1 Å². The summed E-state index contributed by atoms with van der Waals surface area (Å²) in [7, 11) is 0. The number of rotatable bonds is 6. The number of piperazine rings is 1. The molecule has 0 saturated carbocycles. The number of alkyl halides is 2. The quantitative estimate of drug-likeness (QED) is 0.200. The standard InChI is InChI=1S/C29H38IN5/c1-3-24-10-6-7-11-26(24)34-18-20-35(21-19-34)29-32-27(30-16-8-4-5-9-17-30)22-28(33-29)31-25-14-12-23(2)13-15-25/h6-7,10-15,22H,3-5,8-9,16-21H2,1-2H3,(H,31,32,33). The van der Waals surface area contributed by atoms with Crippen LogP contribution in [-0.4, -0.2) is 45.0 Å². The van der Waals surface area contributed by atoms with Gasteiger partial charge in [0.15, 0.2) is 0 Å². The van der Waals surface area contributed by atoms with Gasteiger partial charge in [0.25, 0.3) is 0 Å². The van der Waals surface area contributed by atoms with Crippen molar-refractivity contribution in [1.29, 1.82) is 0 Å². The Morgan fingerprint density at radius 3 is 2.23 bits per heavy atom. The summed E-state index contributed by atoms with van der Waals surface area (Å²) < 4.78 is 4.16. The average molecular weight is 584 g/mol. The number of nitrogens with zero attached hydrogens (tertiary/aromatic N) is 4. The third-order valence-corrected chi connectivity index (χ3v) is 13.3. The molecule has 3 aromatic rings. The molecule has 0 amide bonds. The summed E-state index contributed by atoms with van der Waals surface area (Å²) in [6.45, 7) is 8.30. The Morgan fingerprint density at radius 2 is 1.51 bits per heavy atom. The Labute approximate surface area is 217 Å². The summed E-state index contributed by atoms with van der Waals surface area (Å²) in [4.78, 5) is 15.2. The number of benzene rings is 2. The molecule has 2 saturated heterocycles. The van der Waals surface area contributed by atoms with Crippen LogP contribution in [0.15, 0.2) is 54.6 Å². The van der Waals surface area contributed by atoms with Crippen LogP contribution in [0.2, 0.25) is 0 Å². The summed E-state index contributed by atoms with van der Waals surface area (Å²) in [6, 6.07) is 19.7. The molecule has 0 atom stereocenters. The van der Waals surface area contributed by atoms with E-state index in [2.05, 4.69) is 83.6 Å². The number of anilines is 4. The van der Waals surface area contributed by atoms with E-state index in [-0.39, 0.29) is 0 Å². The fourth-order valence-electron chi connectivity index (χ4n) is 4.95. The van der Waals surface area contributed by atoms with Crippen molar-refractivity contribution in [3.63, 3.8) is 0 Å². The third-order valence-electron chi connectivity index (χ3n) is 7.03. The second-order valence-corrected chi connectivity index (χ2v) is 15.4. The molecule has 0 spiro atoms. The molecule has 0 aliphatic carbocycles. The average Bonchev–Trinajstić information content (AvgIpc) is 3.20. The third kappa shape index (κ3) is 6.08. The van der Waals surface area contributed by atoms with E-state index in [4.69, 9.17) is 9.97 Å². The summed E-state index contributed by atoms with van der Waals surface area (Å²) in [5.41, 5.74) is 5.19. The Morgan fingerprint density at radius 1 is 0.829 bits per heavy atom. The molecule has 0 bridgehead atoms. The van der Waals surface area contributed by atoms with Crippen molar-refractivity contribution in [3.8, 4) is 0 Å². The molecule has 1 aromatic heterocycles. The van der Waals surface area contributed by atoms with Crippen molar-refractivity contribution < 1.29 is 0 Å². The summed E-state index contributed by atoms with van der Waals surface area (Å²) in [5, 5.41) is 3.59. The predicted molar refractivity (Wildman–Crippen MR) is 158 cm³/mol. The first-order valence-corrected chi connectivity index (χ1v) is 17.2. The maximum atomic E-state index is 5.24. The minimum atomic E-state index is -1.26. The van der Waals surface area contributed by atoms with Gasteiger partial charge in [0.1, 0.15) is 0 Å². The number of aromatic nitrogens is 2. The zero-order valence-corrected chi connectivity index (χ0v) is 23.3. The first-order valence-electron chi connectivity index (χ1n) is 13.1. The van der Waals surface area contributed by atoms with Crippen LogP contribution in [0.25, 0.3) is 0 Å². The Balaban J connectivity index is 1.38. The molecular formula is C29H38IN5. The monoisotopic (exact) mass is 583 g/mol. The van der Waals surface area contributed by atoms with Gasteiger partial charge in [0, 0.05) is 0 Å². The normalized spacial score (nSPS) is 17.8. The van der Waals surface area contributed by atoms with Crippen molar-refractivity contribution in [1.82, 2.24) is 9.97 Å². The molecule has 5 rings (SSSR count). The first-order chi connectivity index (χ1) is 17.2. The molecule has 35 heavy (non-hydrogen) atoms. The fraction of sp³-hybridized carbons (Fsp3) is 0.448. The van der Waals surface area contributed by atoms with Crippen molar-refractivity contribution in [2.75, 3.05) is 50.2 Å². The molecule has 1 N–H and O–H groups in total. The van der Waals surface area contributed by atoms with Gasteiger partial charge in [-0.25, -0.2) is 0 Å². The van der Waals surface area contributed by atoms with E-state index in [1.807, 2.05) is 0 Å². The summed E-state index contributed by atoms with van der Waals surface area (Å²) >= 11 is -1.26. The Hall–Kier alpha value is -2.35. The molecule has 186 valence electrons. The van der Waals surface area contributed by atoms with Gasteiger partial charge in [0.05, 0.1) is 0 Å². The van der Waals surface area contributed by atoms with Gasteiger partial charge in [-0.2, -0.15) is 0 Å². The molecule has 2 aromatic carbocycles. The predicted octanol–water partition coefficient (Wildman–Crippen LogP) is 6.67. The van der Waals surface area contributed by atoms with Crippen molar-refractivity contribution in [2.24, 2.45) is 0 Å². The van der Waals surface area contributed by atoms with Crippen LogP contribution in [0, 0.1) is 10.6 Å². The van der Waals surface area contributed by atoms with Crippen molar-refractivity contribution >= 4 is 43.0 Å². The summed E-state index contributed by atoms with van der Waals surface area (Å²) in [6.07, 6.45) is 6.60. The molecule has 0 radical (unpaired) electrons. The zero-order valence-electron chi connectivity index (χ0n) is 21.1. The number of hydrogen-bond donors (Lipinski definition) is 1. The van der Waals surface area contributed by atoms with E-state index >= 15 is 0 Å². The van der Waals surface area contributed by atoms with Crippen LogP contribution in [0.3, 0.4) is 0 Å². The number of nitrogens with one attached hydrogen (secondary N) is 1. The van der Waals surface area contributed by atoms with Gasteiger partial charge in [0.2, 0.25) is 0 Å². The van der Waals surface area contributed by atoms with E-state index in [1.165, 1.54) is 55.1 Å². The Kier molecular flexibility index (Phi) is 8.06. The molecule has 2 fully saturated rings. The first kappa shape index (κ1) is 24.3. The number of aryl methyl sites for hydroxylation is 2. The van der Waals surface area contributed by atoms with E-state index < -0.39 is 19.8 Å². The van der Waals surface area contributed by atoms with E-state index in [9.17, 15) is 0 Å². The van der Waals surface area contributed by atoms with Crippen molar-refractivity contribution in [3.05, 3.63) is 69.4 Å². The van der Waals surface area contributed by atoms with Crippen LogP contribution < -0.4 is 15.1 Å². The number of halogens is 1. The molecule has 3 heterocycles. The Bertz CT molecular complexity index is 1100. The topological polar surface area (TPSA) is 44.3 Å². The van der Waals surface area contributed by atoms with E-state index in [0.29, 0.717) is 0 Å². The summed E-state index contributed by atoms with van der Waals surface area (Å²) in [5.74, 6) is 1.87. The van der Waals surface area contributed by atoms with Crippen LogP contribution in [-0.2, 0) is 6.42 Å². The zero-order chi connectivity index (χ0) is 24.0. The van der Waals surface area contributed by atoms with Gasteiger partial charge in [-0.3, -0.25) is 0 Å². The van der Waals surface area contributed by atoms with Gasteiger partial charge in [-0.05, 0) is 0 Å². The van der Waals surface area contributed by atoms with Gasteiger partial charge >= 0.3 is 218 Å². The molecular weight excluding hydrogens is 545 g/mol. The molecule has 2 aliphatic rings. The minimum absolute atomic E-state index is 0.919. The van der Waals surface area contributed by atoms with Crippen molar-refractivity contribution in [2.45, 2.75) is 46.0 Å². The van der Waals surface area contributed by atoms with E-state index in [1.54, 1.807) is 0 Å². The SMILES string of the molecule is CCc1ccccc1N1CCN(c2nc(Nc3ccc(C)cc3)cc(I3CCCCCC3)n2)CC1. The number of para-hydroxylation sites is 1. The molecule has 2 aliphatic heterocycles. The maximum absolute atomic E-state index is 5.24. The fourth-order valence-corrected chi connectivity index (χ4v) is 10.8. The molecule has 6 heteroatoms. The van der Waals surface area contributed by atoms with Gasteiger partial charge in [-0.1, -0.05) is 0 Å². The van der Waals surface area contributed by atoms with Crippen LogP contribution in [0.5, 0.6) is 0 Å². The number of hydrogen-bond acceptors (Lipinski definition) is 5. The van der Waals surface area contributed by atoms with Crippen LogP contribution >= 0.6 is 19.8 Å². The van der Waals surface area contributed by atoms with Crippen LogP contribution in [0.1, 0.15) is 43.7 Å². The van der Waals surface area contributed by atoms with Gasteiger partial charge < -0.3 is 0 Å². The second kappa shape index (κ2) is 11.6. The molecule has 5 nitrogen and oxygen atoms in total. The second-order valence-electron chi connectivity index (χ2n) is 9.57. The van der Waals surface area contributed by atoms with E-state index in [0.717, 1.165) is 50.1 Å². The molecule has 0 unspecified atom stereocenters.